The number of nitrogens with zero attached hydrogens (tertiary/aromatic N) is 2. The summed E-state index contributed by atoms with van der Waals surface area (Å²) in [7, 11) is 3.15. The molecule has 6 nitrogen and oxygen atoms in total. The fourth-order valence-electron chi connectivity index (χ4n) is 2.83. The third kappa shape index (κ3) is 2.11. The number of rotatable bonds is 3. The maximum absolute atomic E-state index is 12.5. The quantitative estimate of drug-likeness (QED) is 0.630. The van der Waals surface area contributed by atoms with Crippen LogP contribution in [0, 0.1) is 0 Å². The van der Waals surface area contributed by atoms with Gasteiger partial charge in [0, 0.05) is 17.5 Å². The Bertz CT molecular complexity index is 1080. The minimum atomic E-state index is -0.172. The van der Waals surface area contributed by atoms with Gasteiger partial charge in [-0.15, -0.1) is 0 Å². The molecule has 0 bridgehead atoms. The second-order valence-electron chi connectivity index (χ2n) is 5.35. The van der Waals surface area contributed by atoms with Crippen molar-refractivity contribution >= 4 is 21.9 Å². The van der Waals surface area contributed by atoms with E-state index < -0.39 is 0 Å². The summed E-state index contributed by atoms with van der Waals surface area (Å²) >= 11 is 0. The molecule has 0 fully saturated rings. The Morgan fingerprint density at radius 3 is 2.50 bits per heavy atom. The van der Waals surface area contributed by atoms with Crippen molar-refractivity contribution in [3.05, 3.63) is 58.9 Å². The van der Waals surface area contributed by atoms with E-state index in [1.165, 1.54) is 10.6 Å². The first-order valence-electron chi connectivity index (χ1n) is 7.44. The molecule has 2 aromatic carbocycles. The molecule has 0 amide bonds. The van der Waals surface area contributed by atoms with E-state index in [0.29, 0.717) is 23.0 Å². The lowest BCUT2D eigenvalue weighted by Gasteiger charge is -2.12. The summed E-state index contributed by atoms with van der Waals surface area (Å²) in [5.41, 5.74) is 2.20. The zero-order chi connectivity index (χ0) is 16.7. The number of aromatic amines is 1. The second kappa shape index (κ2) is 5.42. The number of para-hydroxylation sites is 2. The summed E-state index contributed by atoms with van der Waals surface area (Å²) < 4.78 is 12.2. The molecule has 0 aliphatic carbocycles. The molecule has 2 heterocycles. The van der Waals surface area contributed by atoms with E-state index >= 15 is 0 Å². The third-order valence-electron chi connectivity index (χ3n) is 3.99. The smallest absolute Gasteiger partial charge is 0.257 e. The van der Waals surface area contributed by atoms with Crippen molar-refractivity contribution in [3.63, 3.8) is 0 Å². The topological polar surface area (TPSA) is 69.1 Å². The minimum Gasteiger partial charge on any atom is -0.493 e. The van der Waals surface area contributed by atoms with E-state index in [1.54, 1.807) is 26.4 Å². The van der Waals surface area contributed by atoms with Crippen molar-refractivity contribution in [3.8, 4) is 17.4 Å². The van der Waals surface area contributed by atoms with Crippen molar-refractivity contribution in [2.45, 2.75) is 0 Å². The first kappa shape index (κ1) is 14.3. The van der Waals surface area contributed by atoms with Crippen molar-refractivity contribution in [2.24, 2.45) is 0 Å². The van der Waals surface area contributed by atoms with Gasteiger partial charge in [-0.25, -0.2) is 9.55 Å². The van der Waals surface area contributed by atoms with Crippen LogP contribution in [0.15, 0.2) is 53.3 Å². The number of methoxy groups -OCH3 is 2. The van der Waals surface area contributed by atoms with Crippen molar-refractivity contribution in [1.82, 2.24) is 14.5 Å². The van der Waals surface area contributed by atoms with Crippen LogP contribution in [0.25, 0.3) is 27.9 Å². The number of aromatic nitrogens is 3. The van der Waals surface area contributed by atoms with Gasteiger partial charge in [-0.3, -0.25) is 4.79 Å². The largest absolute Gasteiger partial charge is 0.493 e. The molecule has 24 heavy (non-hydrogen) atoms. The lowest BCUT2D eigenvalue weighted by atomic mass is 10.2. The van der Waals surface area contributed by atoms with Gasteiger partial charge in [0.1, 0.15) is 0 Å². The Hall–Kier alpha value is -3.28. The van der Waals surface area contributed by atoms with Gasteiger partial charge in [-0.05, 0) is 24.3 Å². The lowest BCUT2D eigenvalue weighted by molar-refractivity contribution is 0.355. The van der Waals surface area contributed by atoms with Gasteiger partial charge in [-0.2, -0.15) is 0 Å². The molecule has 1 N–H and O–H groups in total. The molecule has 0 radical (unpaired) electrons. The van der Waals surface area contributed by atoms with Crippen molar-refractivity contribution < 1.29 is 9.47 Å². The molecule has 0 atom stereocenters. The van der Waals surface area contributed by atoms with Crippen LogP contribution in [-0.2, 0) is 0 Å². The summed E-state index contributed by atoms with van der Waals surface area (Å²) in [5.74, 6) is 1.64. The predicted octanol–water partition coefficient (Wildman–Crippen LogP) is 2.88. The molecule has 4 rings (SSSR count). The molecule has 6 heteroatoms. The molecule has 2 aromatic heterocycles. The van der Waals surface area contributed by atoms with Gasteiger partial charge in [0.2, 0.25) is 5.95 Å². The molecule has 0 aliphatic rings. The van der Waals surface area contributed by atoms with Gasteiger partial charge >= 0.3 is 0 Å². The highest BCUT2D eigenvalue weighted by molar-refractivity contribution is 5.85. The fourth-order valence-corrected chi connectivity index (χ4v) is 2.83. The first-order chi connectivity index (χ1) is 11.7. The Kier molecular flexibility index (Phi) is 3.23. The van der Waals surface area contributed by atoms with Crippen LogP contribution in [0.4, 0.5) is 0 Å². The number of benzene rings is 2. The molecular formula is C18H15N3O3. The SMILES string of the molecule is COc1cc2ccc(=O)n(-c3nc4ccccc4[nH]3)c2cc1OC. The van der Waals surface area contributed by atoms with Crippen molar-refractivity contribution in [2.75, 3.05) is 14.2 Å². The van der Waals surface area contributed by atoms with Crippen LogP contribution in [0.5, 0.6) is 11.5 Å². The number of nitrogens with one attached hydrogen (secondary N) is 1. The number of fused-ring (bicyclic) bond motifs is 2. The number of pyridine rings is 1. The molecule has 120 valence electrons. The zero-order valence-electron chi connectivity index (χ0n) is 13.2. The van der Waals surface area contributed by atoms with Gasteiger partial charge in [0.15, 0.2) is 11.5 Å². The highest BCUT2D eigenvalue weighted by atomic mass is 16.5. The summed E-state index contributed by atoms with van der Waals surface area (Å²) in [4.78, 5) is 20.2. The minimum absolute atomic E-state index is 0.172. The van der Waals surface area contributed by atoms with Crippen LogP contribution >= 0.6 is 0 Å². The molecule has 0 spiro atoms. The normalized spacial score (nSPS) is 11.1. The molecule has 4 aromatic rings. The lowest BCUT2D eigenvalue weighted by Crippen LogP contribution is -2.18. The third-order valence-corrected chi connectivity index (χ3v) is 3.99. The Morgan fingerprint density at radius 2 is 1.75 bits per heavy atom. The zero-order valence-corrected chi connectivity index (χ0v) is 13.2. The molecule has 0 aliphatic heterocycles. The van der Waals surface area contributed by atoms with E-state index in [1.807, 2.05) is 30.3 Å². The molecular weight excluding hydrogens is 306 g/mol. The van der Waals surface area contributed by atoms with Crippen LogP contribution in [0.3, 0.4) is 0 Å². The Balaban J connectivity index is 2.06. The number of H-pyrrole nitrogens is 1. The summed E-state index contributed by atoms with van der Waals surface area (Å²) in [5, 5.41) is 0.854. The van der Waals surface area contributed by atoms with Gasteiger partial charge < -0.3 is 14.5 Å². The van der Waals surface area contributed by atoms with Crippen LogP contribution in [0.1, 0.15) is 0 Å². The second-order valence-corrected chi connectivity index (χ2v) is 5.35. The number of hydrogen-bond donors (Lipinski definition) is 1. The fraction of sp³-hybridized carbons (Fsp3) is 0.111. The van der Waals surface area contributed by atoms with Gasteiger partial charge in [-0.1, -0.05) is 12.1 Å². The Labute approximate surface area is 137 Å². The van der Waals surface area contributed by atoms with Gasteiger partial charge in [0.25, 0.3) is 5.56 Å². The van der Waals surface area contributed by atoms with Gasteiger partial charge in [0.05, 0.1) is 30.8 Å². The van der Waals surface area contributed by atoms with E-state index in [2.05, 4.69) is 9.97 Å². The van der Waals surface area contributed by atoms with E-state index in [4.69, 9.17) is 9.47 Å². The van der Waals surface area contributed by atoms with E-state index in [0.717, 1.165) is 16.4 Å². The standard InChI is InChI=1S/C18H15N3O3/c1-23-15-9-11-7-8-17(22)21(14(11)10-16(15)24-2)18-19-12-5-3-4-6-13(12)20-18/h3-10H,1-2H3,(H,19,20). The summed E-state index contributed by atoms with van der Waals surface area (Å²) in [6.45, 7) is 0. The molecule has 0 saturated heterocycles. The average Bonchev–Trinajstić information content (AvgIpc) is 3.03. The highest BCUT2D eigenvalue weighted by Gasteiger charge is 2.13. The maximum atomic E-state index is 12.5. The van der Waals surface area contributed by atoms with Crippen molar-refractivity contribution in [1.29, 1.82) is 0 Å². The van der Waals surface area contributed by atoms with Crippen LogP contribution < -0.4 is 15.0 Å². The summed E-state index contributed by atoms with van der Waals surface area (Å²) in [6, 6.07) is 14.5. The van der Waals surface area contributed by atoms with E-state index in [9.17, 15) is 4.79 Å². The highest BCUT2D eigenvalue weighted by Crippen LogP contribution is 2.32. The van der Waals surface area contributed by atoms with Crippen LogP contribution in [0.2, 0.25) is 0 Å². The number of hydrogen-bond acceptors (Lipinski definition) is 4. The first-order valence-corrected chi connectivity index (χ1v) is 7.44. The average molecular weight is 321 g/mol. The predicted molar refractivity (Wildman–Crippen MR) is 92.3 cm³/mol. The summed E-state index contributed by atoms with van der Waals surface area (Å²) in [6.07, 6.45) is 0. The number of imidazole rings is 1. The maximum Gasteiger partial charge on any atom is 0.257 e. The van der Waals surface area contributed by atoms with E-state index in [-0.39, 0.29) is 5.56 Å². The number of ether oxygens (including phenoxy) is 2. The molecule has 0 unspecified atom stereocenters. The monoisotopic (exact) mass is 321 g/mol. The van der Waals surface area contributed by atoms with Crippen LogP contribution in [-0.4, -0.2) is 28.8 Å². The Morgan fingerprint density at radius 1 is 1.00 bits per heavy atom. The molecule has 0 saturated carbocycles.